The van der Waals surface area contributed by atoms with Crippen molar-refractivity contribution < 1.29 is 27.7 Å². The van der Waals surface area contributed by atoms with Crippen molar-refractivity contribution in [3.63, 3.8) is 0 Å². The van der Waals surface area contributed by atoms with Crippen LogP contribution in [0, 0.1) is 0 Å². The third kappa shape index (κ3) is 4.26. The van der Waals surface area contributed by atoms with Crippen LogP contribution in [0.3, 0.4) is 0 Å². The maximum absolute atomic E-state index is 13.5. The van der Waals surface area contributed by atoms with E-state index in [1.165, 1.54) is 24.1 Å². The Hall–Kier alpha value is -1.48. The van der Waals surface area contributed by atoms with Gasteiger partial charge in [-0.05, 0) is 24.7 Å². The van der Waals surface area contributed by atoms with E-state index in [1.54, 1.807) is 12.1 Å². The Morgan fingerprint density at radius 2 is 1.82 bits per heavy atom. The van der Waals surface area contributed by atoms with Gasteiger partial charge in [0.05, 0.1) is 13.1 Å². The fraction of sp³-hybridized carbons (Fsp3) is 0.385. The van der Waals surface area contributed by atoms with E-state index in [0.29, 0.717) is 4.47 Å². The van der Waals surface area contributed by atoms with Crippen LogP contribution in [0.15, 0.2) is 28.7 Å². The second kappa shape index (κ2) is 7.19. The Morgan fingerprint density at radius 3 is 2.32 bits per heavy atom. The standard InChI is InChI=1S/C13H13BBrF2NO4/c1-18-6-10(19)21-14(22-11(20)7-18)12(13(16)17)8-3-2-4-9(15)5-8/h2-5,12-13H,6-7H2,1H3. The molecule has 1 aromatic carbocycles. The average molecular weight is 376 g/mol. The van der Waals surface area contributed by atoms with Crippen LogP contribution < -0.4 is 0 Å². The van der Waals surface area contributed by atoms with Gasteiger partial charge in [-0.15, -0.1) is 0 Å². The van der Waals surface area contributed by atoms with E-state index in [4.69, 9.17) is 9.31 Å². The van der Waals surface area contributed by atoms with E-state index in [1.807, 2.05) is 0 Å². The maximum atomic E-state index is 13.5. The van der Waals surface area contributed by atoms with E-state index >= 15 is 0 Å². The van der Waals surface area contributed by atoms with Crippen LogP contribution in [0.1, 0.15) is 11.4 Å². The van der Waals surface area contributed by atoms with Crippen molar-refractivity contribution in [1.29, 1.82) is 0 Å². The van der Waals surface area contributed by atoms with Crippen LogP contribution in [-0.2, 0) is 18.9 Å². The van der Waals surface area contributed by atoms with Crippen molar-refractivity contribution in [3.8, 4) is 0 Å². The number of halogens is 3. The van der Waals surface area contributed by atoms with Crippen LogP contribution in [0.5, 0.6) is 0 Å². The maximum Gasteiger partial charge on any atom is 0.612 e. The summed E-state index contributed by atoms with van der Waals surface area (Å²) in [5.74, 6) is -2.99. The molecule has 118 valence electrons. The molecule has 22 heavy (non-hydrogen) atoms. The number of carbonyl (C=O) groups excluding carboxylic acids is 2. The molecule has 0 bridgehead atoms. The third-order valence-corrected chi connectivity index (χ3v) is 3.58. The summed E-state index contributed by atoms with van der Waals surface area (Å²) in [5, 5.41) is 0. The summed E-state index contributed by atoms with van der Waals surface area (Å²) >= 11 is 3.20. The topological polar surface area (TPSA) is 55.8 Å². The van der Waals surface area contributed by atoms with Crippen molar-refractivity contribution in [2.75, 3.05) is 20.1 Å². The highest BCUT2D eigenvalue weighted by Crippen LogP contribution is 2.29. The zero-order valence-corrected chi connectivity index (χ0v) is 13.3. The molecule has 1 aliphatic heterocycles. The Bertz CT molecular complexity index is 555. The zero-order chi connectivity index (χ0) is 16.3. The van der Waals surface area contributed by atoms with Crippen molar-refractivity contribution in [2.24, 2.45) is 0 Å². The van der Waals surface area contributed by atoms with Crippen molar-refractivity contribution in [3.05, 3.63) is 34.3 Å². The predicted octanol–water partition coefficient (Wildman–Crippen LogP) is 1.86. The smallest absolute Gasteiger partial charge is 0.498 e. The highest BCUT2D eigenvalue weighted by Gasteiger charge is 2.45. The Morgan fingerprint density at radius 1 is 1.23 bits per heavy atom. The molecular formula is C13H13BBrF2NO4. The number of nitrogens with zero attached hydrogens (tertiary/aromatic N) is 1. The minimum atomic E-state index is -2.86. The minimum absolute atomic E-state index is 0.167. The zero-order valence-electron chi connectivity index (χ0n) is 11.7. The summed E-state index contributed by atoms with van der Waals surface area (Å²) in [5.41, 5.74) is 0.212. The molecule has 0 aromatic heterocycles. The molecule has 0 aliphatic carbocycles. The predicted molar refractivity (Wildman–Crippen MR) is 78.3 cm³/mol. The fourth-order valence-corrected chi connectivity index (χ4v) is 2.55. The van der Waals surface area contributed by atoms with Gasteiger partial charge >= 0.3 is 19.1 Å². The van der Waals surface area contributed by atoms with Gasteiger partial charge in [-0.3, -0.25) is 14.5 Å². The van der Waals surface area contributed by atoms with Gasteiger partial charge in [0.2, 0.25) is 6.43 Å². The summed E-state index contributed by atoms with van der Waals surface area (Å²) in [7, 11) is -0.120. The molecule has 2 rings (SSSR count). The van der Waals surface area contributed by atoms with Gasteiger partial charge in [-0.2, -0.15) is 0 Å². The van der Waals surface area contributed by atoms with Crippen molar-refractivity contribution >= 4 is 35.0 Å². The second-order valence-electron chi connectivity index (χ2n) is 4.94. The lowest BCUT2D eigenvalue weighted by Crippen LogP contribution is -2.46. The Kier molecular flexibility index (Phi) is 5.52. The van der Waals surface area contributed by atoms with E-state index in [-0.39, 0.29) is 18.7 Å². The second-order valence-corrected chi connectivity index (χ2v) is 5.85. The summed E-state index contributed by atoms with van der Waals surface area (Å²) in [6, 6.07) is 6.20. The monoisotopic (exact) mass is 375 g/mol. The number of hydrogen-bond donors (Lipinski definition) is 0. The van der Waals surface area contributed by atoms with Crippen LogP contribution >= 0.6 is 15.9 Å². The van der Waals surface area contributed by atoms with E-state index in [2.05, 4.69) is 15.9 Å². The Balaban J connectivity index is 2.30. The molecule has 1 aromatic rings. The van der Waals surface area contributed by atoms with Gasteiger partial charge in [0.15, 0.2) is 0 Å². The largest absolute Gasteiger partial charge is 0.612 e. The van der Waals surface area contributed by atoms with Crippen molar-refractivity contribution in [2.45, 2.75) is 12.2 Å². The van der Waals surface area contributed by atoms with Crippen LogP contribution in [-0.4, -0.2) is 50.5 Å². The normalized spacial score (nSPS) is 18.5. The third-order valence-electron chi connectivity index (χ3n) is 3.09. The molecule has 5 nitrogen and oxygen atoms in total. The first kappa shape index (κ1) is 16.9. The first-order valence-corrected chi connectivity index (χ1v) is 7.27. The molecule has 0 saturated carbocycles. The first-order chi connectivity index (χ1) is 10.4. The van der Waals surface area contributed by atoms with Gasteiger partial charge in [-0.25, -0.2) is 8.78 Å². The highest BCUT2D eigenvalue weighted by atomic mass is 79.9. The molecule has 0 N–H and O–H groups in total. The van der Waals surface area contributed by atoms with Gasteiger partial charge in [0.25, 0.3) is 0 Å². The molecule has 9 heteroatoms. The number of hydrogen-bond acceptors (Lipinski definition) is 5. The fourth-order valence-electron chi connectivity index (χ4n) is 2.14. The molecule has 0 radical (unpaired) electrons. The molecule has 1 saturated heterocycles. The summed E-state index contributed by atoms with van der Waals surface area (Å²) in [6.45, 7) is -0.333. The quantitative estimate of drug-likeness (QED) is 0.755. The molecule has 0 amide bonds. The van der Waals surface area contributed by atoms with Crippen molar-refractivity contribution in [1.82, 2.24) is 4.90 Å². The lowest BCUT2D eigenvalue weighted by Gasteiger charge is -2.26. The van der Waals surface area contributed by atoms with Gasteiger partial charge in [0.1, 0.15) is 5.82 Å². The average Bonchev–Trinajstić information content (AvgIpc) is 2.36. The molecule has 1 fully saturated rings. The molecular weight excluding hydrogens is 363 g/mol. The molecule has 1 heterocycles. The van der Waals surface area contributed by atoms with Crippen LogP contribution in [0.4, 0.5) is 8.78 Å². The van der Waals surface area contributed by atoms with Gasteiger partial charge in [0, 0.05) is 4.47 Å². The number of rotatable bonds is 3. The molecule has 1 unspecified atom stereocenters. The van der Waals surface area contributed by atoms with E-state index < -0.39 is 31.3 Å². The van der Waals surface area contributed by atoms with Crippen LogP contribution in [0.2, 0.25) is 0 Å². The number of alkyl halides is 2. The number of likely N-dealkylation sites (N-methyl/N-ethyl adjacent to an activating group) is 1. The SMILES string of the molecule is CN1CC(=O)OB(C(c2cccc(Br)c2)C(F)F)OC(=O)C1. The number of carbonyl (C=O) groups is 2. The lowest BCUT2D eigenvalue weighted by molar-refractivity contribution is -0.146. The van der Waals surface area contributed by atoms with Crippen LogP contribution in [0.25, 0.3) is 0 Å². The highest BCUT2D eigenvalue weighted by molar-refractivity contribution is 9.10. The summed E-state index contributed by atoms with van der Waals surface area (Å²) in [4.78, 5) is 24.7. The summed E-state index contributed by atoms with van der Waals surface area (Å²) in [6.07, 6.45) is -2.86. The van der Waals surface area contributed by atoms with Gasteiger partial charge in [-0.1, -0.05) is 28.1 Å². The molecule has 1 atom stereocenters. The Labute approximate surface area is 134 Å². The molecule has 0 spiro atoms. The first-order valence-electron chi connectivity index (χ1n) is 6.48. The lowest BCUT2D eigenvalue weighted by atomic mass is 9.67. The molecule has 1 aliphatic rings. The van der Waals surface area contributed by atoms with E-state index in [9.17, 15) is 18.4 Å². The number of benzene rings is 1. The van der Waals surface area contributed by atoms with Gasteiger partial charge < -0.3 is 9.31 Å². The van der Waals surface area contributed by atoms with E-state index in [0.717, 1.165) is 0 Å². The minimum Gasteiger partial charge on any atom is -0.498 e. The summed E-state index contributed by atoms with van der Waals surface area (Å²) < 4.78 is 37.4.